The van der Waals surface area contributed by atoms with E-state index in [9.17, 15) is 19.5 Å². The molecule has 2 N–H and O–H groups in total. The number of nitrogens with zero attached hydrogens (tertiary/aromatic N) is 1. The predicted molar refractivity (Wildman–Crippen MR) is 109 cm³/mol. The topological polar surface area (TPSA) is 119 Å². The van der Waals surface area contributed by atoms with Gasteiger partial charge in [-0.05, 0) is 50.5 Å². The van der Waals surface area contributed by atoms with Crippen LogP contribution < -0.4 is 10.7 Å². The molecule has 0 bridgehead atoms. The van der Waals surface area contributed by atoms with E-state index >= 15 is 0 Å². The van der Waals surface area contributed by atoms with Crippen LogP contribution in [0.3, 0.4) is 0 Å². The normalized spacial score (nSPS) is 11.8. The first-order valence-electron chi connectivity index (χ1n) is 9.11. The van der Waals surface area contributed by atoms with Gasteiger partial charge >= 0.3 is 12.1 Å². The summed E-state index contributed by atoms with van der Waals surface area (Å²) in [5.74, 6) is -1.40. The summed E-state index contributed by atoms with van der Waals surface area (Å²) in [6.07, 6.45) is -0.864. The van der Waals surface area contributed by atoms with Gasteiger partial charge < -0.3 is 14.3 Å². The molecular weight excluding hydrogens is 376 g/mol. The fraction of sp³-hybridized carbons (Fsp3) is 0.333. The van der Waals surface area contributed by atoms with Crippen LogP contribution in [0.15, 0.2) is 33.5 Å². The number of nitrogens with one attached hydrogen (secondary N) is 1. The number of fused-ring (bicyclic) bond motifs is 2. The number of carbonyl (C=O) groups is 2. The molecule has 0 saturated carbocycles. The van der Waals surface area contributed by atoms with Crippen LogP contribution in [0.1, 0.15) is 56.5 Å². The van der Waals surface area contributed by atoms with E-state index in [1.165, 1.54) is 0 Å². The first-order chi connectivity index (χ1) is 13.5. The number of carbonyl (C=O) groups excluding carboxylic acids is 1. The highest BCUT2D eigenvalue weighted by atomic mass is 16.6. The average molecular weight is 398 g/mol. The summed E-state index contributed by atoms with van der Waals surface area (Å²) >= 11 is 0. The molecule has 1 aromatic carbocycles. The number of ether oxygens (including phenoxy) is 1. The van der Waals surface area contributed by atoms with E-state index in [-0.39, 0.29) is 33.8 Å². The Hall–Kier alpha value is -3.42. The third-order valence-electron chi connectivity index (χ3n) is 4.20. The third-order valence-corrected chi connectivity index (χ3v) is 4.20. The average Bonchev–Trinajstić information content (AvgIpc) is 2.59. The zero-order valence-corrected chi connectivity index (χ0v) is 16.8. The van der Waals surface area contributed by atoms with Crippen molar-refractivity contribution in [3.63, 3.8) is 0 Å². The lowest BCUT2D eigenvalue weighted by atomic mass is 10.0. The Morgan fingerprint density at radius 1 is 1.17 bits per heavy atom. The molecule has 0 aliphatic heterocycles. The molecule has 29 heavy (non-hydrogen) atoms. The second-order valence-electron chi connectivity index (χ2n) is 8.01. The van der Waals surface area contributed by atoms with Crippen LogP contribution in [-0.4, -0.2) is 27.8 Å². The fourth-order valence-electron chi connectivity index (χ4n) is 2.82. The van der Waals surface area contributed by atoms with E-state index in [1.54, 1.807) is 32.9 Å². The zero-order chi connectivity index (χ0) is 21.5. The van der Waals surface area contributed by atoms with Crippen LogP contribution in [0.25, 0.3) is 22.1 Å². The maximum absolute atomic E-state index is 13.0. The highest BCUT2D eigenvalue weighted by molar-refractivity contribution is 6.01. The summed E-state index contributed by atoms with van der Waals surface area (Å²) in [6.45, 7) is 9.03. The largest absolute Gasteiger partial charge is 0.478 e. The second kappa shape index (κ2) is 7.20. The van der Waals surface area contributed by atoms with Crippen LogP contribution in [0.2, 0.25) is 0 Å². The summed E-state index contributed by atoms with van der Waals surface area (Å²) in [7, 11) is 0. The highest BCUT2D eigenvalue weighted by Gasteiger charge is 2.22. The van der Waals surface area contributed by atoms with Gasteiger partial charge in [0.1, 0.15) is 16.7 Å². The Morgan fingerprint density at radius 2 is 1.86 bits per heavy atom. The first-order valence-corrected chi connectivity index (χ1v) is 9.11. The number of rotatable bonds is 3. The van der Waals surface area contributed by atoms with Gasteiger partial charge in [-0.2, -0.15) is 4.98 Å². The molecule has 3 rings (SSSR count). The number of hydrogen-bond donors (Lipinski definition) is 2. The van der Waals surface area contributed by atoms with Crippen molar-refractivity contribution in [2.24, 2.45) is 0 Å². The number of amides is 1. The van der Waals surface area contributed by atoms with Gasteiger partial charge in [0.15, 0.2) is 5.82 Å². The molecule has 0 saturated heterocycles. The number of anilines is 1. The molecule has 0 radical (unpaired) electrons. The molecule has 0 unspecified atom stereocenters. The number of hydrogen-bond acceptors (Lipinski definition) is 6. The highest BCUT2D eigenvalue weighted by Crippen LogP contribution is 2.25. The molecular formula is C21H22N2O6. The summed E-state index contributed by atoms with van der Waals surface area (Å²) in [5.41, 5.74) is -0.292. The predicted octanol–water partition coefficient (Wildman–Crippen LogP) is 4.51. The molecule has 0 fully saturated rings. The van der Waals surface area contributed by atoms with E-state index in [2.05, 4.69) is 10.3 Å². The summed E-state index contributed by atoms with van der Waals surface area (Å²) in [4.78, 5) is 40.8. The Labute approximate surface area is 166 Å². The molecule has 152 valence electrons. The Bertz CT molecular complexity index is 1190. The molecule has 8 heteroatoms. The Balaban J connectivity index is 2.19. The quantitative estimate of drug-likeness (QED) is 0.623. The van der Waals surface area contributed by atoms with E-state index in [1.807, 2.05) is 19.9 Å². The fourth-order valence-corrected chi connectivity index (χ4v) is 2.82. The lowest BCUT2D eigenvalue weighted by Crippen LogP contribution is -2.28. The maximum atomic E-state index is 13.0. The van der Waals surface area contributed by atoms with Gasteiger partial charge in [-0.15, -0.1) is 0 Å². The molecule has 0 spiro atoms. The van der Waals surface area contributed by atoms with Crippen molar-refractivity contribution in [3.05, 3.63) is 45.6 Å². The van der Waals surface area contributed by atoms with Gasteiger partial charge in [0.25, 0.3) is 0 Å². The van der Waals surface area contributed by atoms with Gasteiger partial charge in [-0.1, -0.05) is 19.9 Å². The number of aromatic nitrogens is 1. The van der Waals surface area contributed by atoms with Gasteiger partial charge in [0, 0.05) is 0 Å². The second-order valence-corrected chi connectivity index (χ2v) is 8.01. The molecule has 0 aliphatic rings. The van der Waals surface area contributed by atoms with Gasteiger partial charge in [0.05, 0.1) is 10.8 Å². The maximum Gasteiger partial charge on any atom is 0.413 e. The van der Waals surface area contributed by atoms with Crippen LogP contribution >= 0.6 is 0 Å². The Kier molecular flexibility index (Phi) is 5.04. The van der Waals surface area contributed by atoms with Crippen molar-refractivity contribution in [2.45, 2.75) is 46.1 Å². The number of pyridine rings is 1. The van der Waals surface area contributed by atoms with E-state index in [0.29, 0.717) is 11.0 Å². The Morgan fingerprint density at radius 3 is 2.45 bits per heavy atom. The molecule has 2 heterocycles. The van der Waals surface area contributed by atoms with Crippen molar-refractivity contribution in [2.75, 3.05) is 5.32 Å². The van der Waals surface area contributed by atoms with Crippen molar-refractivity contribution in [3.8, 4) is 0 Å². The smallest absolute Gasteiger partial charge is 0.413 e. The zero-order valence-electron chi connectivity index (χ0n) is 16.8. The van der Waals surface area contributed by atoms with Crippen LogP contribution in [-0.2, 0) is 4.74 Å². The molecule has 8 nitrogen and oxygen atoms in total. The SMILES string of the molecule is CC(C)c1ccc2oc3nc(NC(=O)OC(C)(C)C)c(C(=O)O)cc3c(=O)c2c1. The number of aromatic carboxylic acids is 1. The molecule has 3 aromatic rings. The lowest BCUT2D eigenvalue weighted by molar-refractivity contribution is 0.0635. The molecule has 1 amide bonds. The van der Waals surface area contributed by atoms with Crippen molar-refractivity contribution < 1.29 is 23.8 Å². The first kappa shape index (κ1) is 20.3. The lowest BCUT2D eigenvalue weighted by Gasteiger charge is -2.19. The molecule has 0 aliphatic carbocycles. The minimum absolute atomic E-state index is 0.0190. The minimum Gasteiger partial charge on any atom is -0.478 e. The summed E-state index contributed by atoms with van der Waals surface area (Å²) in [6, 6.07) is 6.43. The van der Waals surface area contributed by atoms with Crippen molar-refractivity contribution in [1.82, 2.24) is 4.98 Å². The molecule has 0 atom stereocenters. The van der Waals surface area contributed by atoms with Crippen LogP contribution in [0.5, 0.6) is 0 Å². The van der Waals surface area contributed by atoms with Crippen molar-refractivity contribution in [1.29, 1.82) is 0 Å². The third kappa shape index (κ3) is 4.21. The monoisotopic (exact) mass is 398 g/mol. The summed E-state index contributed by atoms with van der Waals surface area (Å²) < 4.78 is 10.9. The standard InChI is InChI=1S/C21H22N2O6/c1-10(2)11-6-7-15-12(8-11)16(24)13-9-14(19(25)26)17(22-18(13)28-15)23-20(27)29-21(3,4)5/h6-10H,1-5H3,(H,25,26)(H,22,23,27). The number of carboxylic acid groups (broad SMARTS) is 1. The van der Waals surface area contributed by atoms with Crippen molar-refractivity contribution >= 4 is 39.9 Å². The van der Waals surface area contributed by atoms with E-state index in [0.717, 1.165) is 11.6 Å². The van der Waals surface area contributed by atoms with Gasteiger partial charge in [-0.3, -0.25) is 10.1 Å². The number of carboxylic acids is 1. The van der Waals surface area contributed by atoms with Crippen LogP contribution in [0, 0.1) is 0 Å². The van der Waals surface area contributed by atoms with Gasteiger partial charge in [-0.25, -0.2) is 9.59 Å². The van der Waals surface area contributed by atoms with E-state index < -0.39 is 17.7 Å². The summed E-state index contributed by atoms with van der Waals surface area (Å²) in [5, 5.41) is 12.2. The van der Waals surface area contributed by atoms with E-state index in [4.69, 9.17) is 9.15 Å². The minimum atomic E-state index is -1.35. The number of benzene rings is 1. The molecule has 2 aromatic heterocycles. The van der Waals surface area contributed by atoms with Gasteiger partial charge in [0.2, 0.25) is 11.1 Å². The van der Waals surface area contributed by atoms with Crippen LogP contribution in [0.4, 0.5) is 10.6 Å².